The lowest BCUT2D eigenvalue weighted by atomic mass is 10.2. The van der Waals surface area contributed by atoms with Crippen molar-refractivity contribution in [3.05, 3.63) is 29.8 Å². The first-order valence-corrected chi connectivity index (χ1v) is 5.47. The van der Waals surface area contributed by atoms with Crippen molar-refractivity contribution in [2.45, 2.75) is 27.1 Å². The van der Waals surface area contributed by atoms with Gasteiger partial charge in [-0.25, -0.2) is 0 Å². The zero-order valence-corrected chi connectivity index (χ0v) is 10.1. The predicted octanol–water partition coefficient (Wildman–Crippen LogP) is 3.07. The Kier molecular flexibility index (Phi) is 4.88. The van der Waals surface area contributed by atoms with Gasteiger partial charge in [0, 0.05) is 0 Å². The van der Waals surface area contributed by atoms with E-state index in [1.165, 1.54) is 0 Å². The van der Waals surface area contributed by atoms with E-state index in [2.05, 4.69) is 19.8 Å². The average Bonchev–Trinajstić information content (AvgIpc) is 2.27. The van der Waals surface area contributed by atoms with Gasteiger partial charge in [-0.05, 0) is 25.0 Å². The van der Waals surface area contributed by atoms with Crippen molar-refractivity contribution in [1.29, 1.82) is 0 Å². The first-order valence-electron chi connectivity index (χ1n) is 5.47. The molecule has 0 bridgehead atoms. The molecule has 1 atom stereocenters. The lowest BCUT2D eigenvalue weighted by Gasteiger charge is -2.17. The third kappa shape index (κ3) is 3.96. The third-order valence-electron chi connectivity index (χ3n) is 2.00. The fourth-order valence-corrected chi connectivity index (χ4v) is 1.23. The van der Waals surface area contributed by atoms with Gasteiger partial charge in [0.25, 0.3) is 0 Å². The molecule has 2 heteroatoms. The number of benzene rings is 1. The number of hydrogen-bond donors (Lipinski definition) is 0. The topological polar surface area (TPSA) is 18.5 Å². The molecule has 0 radical (unpaired) electrons. The second-order valence-corrected chi connectivity index (χ2v) is 4.05. The van der Waals surface area contributed by atoms with E-state index in [4.69, 9.17) is 15.9 Å². The molecular weight excluding hydrogens is 200 g/mol. The molecule has 0 aliphatic heterocycles. The molecule has 86 valence electrons. The number of para-hydroxylation sites is 1. The first-order chi connectivity index (χ1) is 7.63. The van der Waals surface area contributed by atoms with Gasteiger partial charge in [0.1, 0.15) is 5.75 Å². The van der Waals surface area contributed by atoms with Gasteiger partial charge in [0.15, 0.2) is 6.29 Å². The fraction of sp³-hybridized carbons (Fsp3) is 0.429. The lowest BCUT2D eigenvalue weighted by molar-refractivity contribution is -0.0757. The van der Waals surface area contributed by atoms with E-state index in [9.17, 15) is 0 Å². The van der Waals surface area contributed by atoms with Crippen molar-refractivity contribution in [1.82, 2.24) is 0 Å². The van der Waals surface area contributed by atoms with Crippen LogP contribution in [0.5, 0.6) is 5.75 Å². The van der Waals surface area contributed by atoms with Crippen LogP contribution in [-0.4, -0.2) is 12.9 Å². The minimum absolute atomic E-state index is 0.281. The van der Waals surface area contributed by atoms with Crippen LogP contribution in [0.3, 0.4) is 0 Å². The number of terminal acetylenes is 1. The molecule has 0 spiro atoms. The molecule has 0 aromatic heterocycles. The number of ether oxygens (including phenoxy) is 2. The summed E-state index contributed by atoms with van der Waals surface area (Å²) >= 11 is 0. The Bertz CT molecular complexity index is 363. The summed E-state index contributed by atoms with van der Waals surface area (Å²) in [6.45, 7) is 6.75. The van der Waals surface area contributed by atoms with Crippen molar-refractivity contribution < 1.29 is 9.47 Å². The molecule has 0 saturated heterocycles. The molecule has 1 aromatic rings. The minimum Gasteiger partial charge on any atom is -0.464 e. The summed E-state index contributed by atoms with van der Waals surface area (Å²) in [4.78, 5) is 0. The van der Waals surface area contributed by atoms with Gasteiger partial charge in [-0.3, -0.25) is 0 Å². The molecule has 0 N–H and O–H groups in total. The standard InChI is InChI=1S/C14H18O2/c1-5-13-8-6-7-9-14(13)16-12(4)15-10-11(2)3/h1,6-9,11-12H,10H2,2-4H3. The number of rotatable bonds is 5. The molecule has 0 aliphatic rings. The van der Waals surface area contributed by atoms with E-state index in [1.54, 1.807) is 0 Å². The summed E-state index contributed by atoms with van der Waals surface area (Å²) < 4.78 is 11.1. The summed E-state index contributed by atoms with van der Waals surface area (Å²) in [5.74, 6) is 3.78. The Hall–Kier alpha value is -1.46. The van der Waals surface area contributed by atoms with Crippen LogP contribution < -0.4 is 4.74 Å². The Balaban J connectivity index is 2.56. The highest BCUT2D eigenvalue weighted by Gasteiger charge is 2.07. The molecule has 1 unspecified atom stereocenters. The minimum atomic E-state index is -0.281. The molecular formula is C14H18O2. The maximum atomic E-state index is 5.62. The summed E-state index contributed by atoms with van der Waals surface area (Å²) in [5.41, 5.74) is 0.752. The lowest BCUT2D eigenvalue weighted by Crippen LogP contribution is -2.19. The van der Waals surface area contributed by atoms with E-state index in [0.717, 1.165) is 5.56 Å². The van der Waals surface area contributed by atoms with E-state index < -0.39 is 0 Å². The molecule has 0 saturated carbocycles. The Labute approximate surface area is 97.6 Å². The smallest absolute Gasteiger partial charge is 0.197 e. The van der Waals surface area contributed by atoms with E-state index in [0.29, 0.717) is 18.3 Å². The van der Waals surface area contributed by atoms with Gasteiger partial charge in [-0.15, -0.1) is 6.42 Å². The van der Waals surface area contributed by atoms with Gasteiger partial charge in [-0.2, -0.15) is 0 Å². The zero-order chi connectivity index (χ0) is 12.0. The van der Waals surface area contributed by atoms with Crippen molar-refractivity contribution in [3.8, 4) is 18.1 Å². The van der Waals surface area contributed by atoms with Gasteiger partial charge >= 0.3 is 0 Å². The Morgan fingerprint density at radius 2 is 1.94 bits per heavy atom. The largest absolute Gasteiger partial charge is 0.464 e. The molecule has 0 fully saturated rings. The second kappa shape index (κ2) is 6.19. The van der Waals surface area contributed by atoms with Gasteiger partial charge in [0.05, 0.1) is 12.2 Å². The van der Waals surface area contributed by atoms with Crippen molar-refractivity contribution in [2.24, 2.45) is 5.92 Å². The van der Waals surface area contributed by atoms with E-state index in [-0.39, 0.29) is 6.29 Å². The summed E-state index contributed by atoms with van der Waals surface area (Å²) in [5, 5.41) is 0. The highest BCUT2D eigenvalue weighted by molar-refractivity contribution is 5.44. The zero-order valence-electron chi connectivity index (χ0n) is 10.1. The SMILES string of the molecule is C#Cc1ccccc1OC(C)OCC(C)C. The van der Waals surface area contributed by atoms with Crippen LogP contribution in [0.2, 0.25) is 0 Å². The molecule has 2 nitrogen and oxygen atoms in total. The number of hydrogen-bond acceptors (Lipinski definition) is 2. The Morgan fingerprint density at radius 1 is 1.25 bits per heavy atom. The Morgan fingerprint density at radius 3 is 2.56 bits per heavy atom. The van der Waals surface area contributed by atoms with Gasteiger partial charge < -0.3 is 9.47 Å². The maximum absolute atomic E-state index is 5.62. The van der Waals surface area contributed by atoms with Crippen LogP contribution in [0.4, 0.5) is 0 Å². The van der Waals surface area contributed by atoms with Crippen LogP contribution in [0.25, 0.3) is 0 Å². The summed E-state index contributed by atoms with van der Waals surface area (Å²) in [6.07, 6.45) is 5.10. The summed E-state index contributed by atoms with van der Waals surface area (Å²) in [6, 6.07) is 7.49. The molecule has 0 aliphatic carbocycles. The molecule has 0 amide bonds. The van der Waals surface area contributed by atoms with E-state index in [1.807, 2.05) is 31.2 Å². The highest BCUT2D eigenvalue weighted by atomic mass is 16.7. The van der Waals surface area contributed by atoms with Crippen LogP contribution in [0.1, 0.15) is 26.3 Å². The first kappa shape index (κ1) is 12.6. The third-order valence-corrected chi connectivity index (χ3v) is 2.00. The van der Waals surface area contributed by atoms with Crippen LogP contribution in [0, 0.1) is 18.3 Å². The van der Waals surface area contributed by atoms with Crippen LogP contribution >= 0.6 is 0 Å². The van der Waals surface area contributed by atoms with Gasteiger partial charge in [-0.1, -0.05) is 31.9 Å². The van der Waals surface area contributed by atoms with Crippen LogP contribution in [0.15, 0.2) is 24.3 Å². The molecule has 0 heterocycles. The normalized spacial score (nSPS) is 12.2. The van der Waals surface area contributed by atoms with Crippen molar-refractivity contribution >= 4 is 0 Å². The summed E-state index contributed by atoms with van der Waals surface area (Å²) in [7, 11) is 0. The van der Waals surface area contributed by atoms with Crippen LogP contribution in [-0.2, 0) is 4.74 Å². The second-order valence-electron chi connectivity index (χ2n) is 4.05. The van der Waals surface area contributed by atoms with E-state index >= 15 is 0 Å². The monoisotopic (exact) mass is 218 g/mol. The van der Waals surface area contributed by atoms with Crippen molar-refractivity contribution in [2.75, 3.05) is 6.61 Å². The average molecular weight is 218 g/mol. The molecule has 1 rings (SSSR count). The van der Waals surface area contributed by atoms with Gasteiger partial charge in [0.2, 0.25) is 0 Å². The predicted molar refractivity (Wildman–Crippen MR) is 65.3 cm³/mol. The fourth-order valence-electron chi connectivity index (χ4n) is 1.23. The maximum Gasteiger partial charge on any atom is 0.197 e. The molecule has 16 heavy (non-hydrogen) atoms. The molecule has 1 aromatic carbocycles. The quantitative estimate of drug-likeness (QED) is 0.558. The van der Waals surface area contributed by atoms with Crippen molar-refractivity contribution in [3.63, 3.8) is 0 Å². The highest BCUT2D eigenvalue weighted by Crippen LogP contribution is 2.18.